The Bertz CT molecular complexity index is 1310. The van der Waals surface area contributed by atoms with Crippen LogP contribution in [-0.4, -0.2) is 35.6 Å². The summed E-state index contributed by atoms with van der Waals surface area (Å²) < 4.78 is 6.27. The second-order valence-corrected chi connectivity index (χ2v) is 9.17. The third kappa shape index (κ3) is 4.36. The lowest BCUT2D eigenvalue weighted by molar-refractivity contribution is -0.115. The first-order valence-corrected chi connectivity index (χ1v) is 12.1. The molecular weight excluding hydrogens is 448 g/mol. The van der Waals surface area contributed by atoms with E-state index in [0.29, 0.717) is 18.1 Å². The Labute approximate surface area is 190 Å². The molecule has 5 rings (SSSR count). The molecule has 2 aromatic carbocycles. The summed E-state index contributed by atoms with van der Waals surface area (Å²) in [7, 11) is 0. The number of thioether (sulfide) groups is 1. The zero-order valence-corrected chi connectivity index (χ0v) is 18.6. The Morgan fingerprint density at radius 2 is 1.74 bits per heavy atom. The molecule has 0 spiro atoms. The number of anilines is 1. The van der Waals surface area contributed by atoms with Crippen molar-refractivity contribution in [1.82, 2.24) is 24.0 Å². The standard InChI is InChI=1S/C21H16N6OS3/c28-17(22-19-23-18(31-26-19)15-9-5-2-6-10-15)11-12-29-20-24-25-21-27(20)16(13-30-21)14-7-3-1-4-8-14/h1-10,13H,11-12H2,(H,22,26,28). The number of hydrogen-bond donors (Lipinski definition) is 1. The van der Waals surface area contributed by atoms with Crippen LogP contribution in [0.15, 0.2) is 71.2 Å². The van der Waals surface area contributed by atoms with Crippen LogP contribution >= 0.6 is 34.6 Å². The summed E-state index contributed by atoms with van der Waals surface area (Å²) in [5, 5.41) is 15.0. The summed E-state index contributed by atoms with van der Waals surface area (Å²) >= 11 is 4.33. The topological polar surface area (TPSA) is 85.1 Å². The van der Waals surface area contributed by atoms with Crippen LogP contribution in [0.3, 0.4) is 0 Å². The fourth-order valence-corrected chi connectivity index (χ4v) is 5.40. The van der Waals surface area contributed by atoms with E-state index >= 15 is 0 Å². The van der Waals surface area contributed by atoms with Crippen LogP contribution in [0.1, 0.15) is 6.42 Å². The number of nitrogens with zero attached hydrogens (tertiary/aromatic N) is 5. The Kier molecular flexibility index (Phi) is 5.74. The molecule has 31 heavy (non-hydrogen) atoms. The van der Waals surface area contributed by atoms with Gasteiger partial charge in [0.1, 0.15) is 5.01 Å². The number of carbonyl (C=O) groups is 1. The summed E-state index contributed by atoms with van der Waals surface area (Å²) in [5.41, 5.74) is 3.14. The minimum absolute atomic E-state index is 0.126. The van der Waals surface area contributed by atoms with E-state index in [1.54, 1.807) is 11.3 Å². The monoisotopic (exact) mass is 464 g/mol. The van der Waals surface area contributed by atoms with Gasteiger partial charge in [0.15, 0.2) is 5.16 Å². The highest BCUT2D eigenvalue weighted by Crippen LogP contribution is 2.30. The normalized spacial score (nSPS) is 11.1. The maximum absolute atomic E-state index is 12.3. The van der Waals surface area contributed by atoms with Crippen molar-refractivity contribution in [3.05, 3.63) is 66.0 Å². The van der Waals surface area contributed by atoms with Gasteiger partial charge in [-0.05, 0) is 17.1 Å². The van der Waals surface area contributed by atoms with Crippen molar-refractivity contribution in [3.8, 4) is 21.8 Å². The first kappa shape index (κ1) is 19.9. The molecule has 154 valence electrons. The zero-order chi connectivity index (χ0) is 21.0. The van der Waals surface area contributed by atoms with Gasteiger partial charge >= 0.3 is 0 Å². The van der Waals surface area contributed by atoms with Gasteiger partial charge in [0.05, 0.1) is 5.69 Å². The Hall–Kier alpha value is -3.08. The number of benzene rings is 2. The largest absolute Gasteiger partial charge is 0.294 e. The first-order chi connectivity index (χ1) is 15.3. The second-order valence-electron chi connectivity index (χ2n) is 6.52. The number of carbonyl (C=O) groups excluding carboxylic acids is 1. The lowest BCUT2D eigenvalue weighted by Crippen LogP contribution is -2.13. The first-order valence-electron chi connectivity index (χ1n) is 9.48. The fourth-order valence-electron chi connectivity index (χ4n) is 2.99. The molecule has 3 heterocycles. The van der Waals surface area contributed by atoms with Crippen molar-refractivity contribution in [2.45, 2.75) is 11.6 Å². The predicted molar refractivity (Wildman–Crippen MR) is 126 cm³/mol. The fraction of sp³-hybridized carbons (Fsp3) is 0.0952. The van der Waals surface area contributed by atoms with Gasteiger partial charge in [-0.2, -0.15) is 9.36 Å². The Balaban J connectivity index is 1.21. The molecular formula is C21H16N6OS3. The van der Waals surface area contributed by atoms with Gasteiger partial charge < -0.3 is 0 Å². The van der Waals surface area contributed by atoms with Crippen LogP contribution in [0.2, 0.25) is 0 Å². The third-order valence-corrected chi connectivity index (χ3v) is 6.96. The van der Waals surface area contributed by atoms with Gasteiger partial charge in [-0.3, -0.25) is 14.5 Å². The molecule has 0 saturated heterocycles. The maximum Gasteiger partial charge on any atom is 0.241 e. The molecule has 0 unspecified atom stereocenters. The third-order valence-electron chi connectivity index (χ3n) is 4.45. The van der Waals surface area contributed by atoms with E-state index in [2.05, 4.69) is 42.4 Å². The number of nitrogens with one attached hydrogen (secondary N) is 1. The van der Waals surface area contributed by atoms with E-state index in [9.17, 15) is 4.79 Å². The van der Waals surface area contributed by atoms with Crippen molar-refractivity contribution in [3.63, 3.8) is 0 Å². The molecule has 0 saturated carbocycles. The Morgan fingerprint density at radius 3 is 2.52 bits per heavy atom. The number of thiazole rings is 1. The van der Waals surface area contributed by atoms with Gasteiger partial charge in [-0.1, -0.05) is 72.4 Å². The quantitative estimate of drug-likeness (QED) is 0.338. The molecule has 3 aromatic heterocycles. The van der Waals surface area contributed by atoms with Crippen LogP contribution in [0.5, 0.6) is 0 Å². The van der Waals surface area contributed by atoms with Crippen molar-refractivity contribution >= 4 is 51.4 Å². The minimum Gasteiger partial charge on any atom is -0.294 e. The molecule has 0 bridgehead atoms. The predicted octanol–water partition coefficient (Wildman–Crippen LogP) is 5.10. The molecule has 1 N–H and O–H groups in total. The van der Waals surface area contributed by atoms with Crippen LogP contribution in [0.25, 0.3) is 26.8 Å². The van der Waals surface area contributed by atoms with Crippen molar-refractivity contribution in [1.29, 1.82) is 0 Å². The van der Waals surface area contributed by atoms with Crippen molar-refractivity contribution < 1.29 is 4.79 Å². The lowest BCUT2D eigenvalue weighted by Gasteiger charge is -2.03. The molecule has 0 aliphatic heterocycles. The summed E-state index contributed by atoms with van der Waals surface area (Å²) in [5.74, 6) is 0.791. The maximum atomic E-state index is 12.3. The molecule has 5 aromatic rings. The molecule has 0 aliphatic rings. The van der Waals surface area contributed by atoms with Gasteiger partial charge in [0.25, 0.3) is 0 Å². The number of amides is 1. The molecule has 0 aliphatic carbocycles. The number of hydrogen-bond acceptors (Lipinski definition) is 8. The smallest absolute Gasteiger partial charge is 0.241 e. The number of rotatable bonds is 7. The van der Waals surface area contributed by atoms with Crippen LogP contribution in [-0.2, 0) is 4.79 Å². The van der Waals surface area contributed by atoms with Crippen LogP contribution in [0.4, 0.5) is 5.95 Å². The molecule has 0 atom stereocenters. The minimum atomic E-state index is -0.126. The molecule has 0 fully saturated rings. The lowest BCUT2D eigenvalue weighted by atomic mass is 10.2. The van der Waals surface area contributed by atoms with E-state index in [0.717, 1.165) is 31.9 Å². The highest BCUT2D eigenvalue weighted by Gasteiger charge is 2.15. The van der Waals surface area contributed by atoms with Gasteiger partial charge in [-0.25, -0.2) is 0 Å². The van der Waals surface area contributed by atoms with Gasteiger partial charge in [0.2, 0.25) is 16.8 Å². The van der Waals surface area contributed by atoms with Gasteiger partial charge in [0, 0.05) is 23.1 Å². The van der Waals surface area contributed by atoms with E-state index in [4.69, 9.17) is 0 Å². The molecule has 0 radical (unpaired) electrons. The highest BCUT2D eigenvalue weighted by molar-refractivity contribution is 7.99. The molecule has 1 amide bonds. The van der Waals surface area contributed by atoms with Gasteiger partial charge in [-0.15, -0.1) is 21.5 Å². The Morgan fingerprint density at radius 1 is 1.00 bits per heavy atom. The van der Waals surface area contributed by atoms with E-state index in [1.807, 2.05) is 52.9 Å². The zero-order valence-electron chi connectivity index (χ0n) is 16.1. The van der Waals surface area contributed by atoms with E-state index in [1.165, 1.54) is 23.3 Å². The SMILES string of the molecule is O=C(CCSc1nnc2scc(-c3ccccc3)n12)Nc1nsc(-c2ccccc2)n1. The molecule has 10 heteroatoms. The number of aromatic nitrogens is 5. The second kappa shape index (κ2) is 8.96. The average molecular weight is 465 g/mol. The van der Waals surface area contributed by atoms with Crippen LogP contribution < -0.4 is 5.32 Å². The summed E-state index contributed by atoms with van der Waals surface area (Å²) in [6.45, 7) is 0. The van der Waals surface area contributed by atoms with Crippen LogP contribution in [0, 0.1) is 0 Å². The van der Waals surface area contributed by atoms with Crippen molar-refractivity contribution in [2.24, 2.45) is 0 Å². The summed E-state index contributed by atoms with van der Waals surface area (Å²) in [4.78, 5) is 17.6. The van der Waals surface area contributed by atoms with E-state index in [-0.39, 0.29) is 5.91 Å². The van der Waals surface area contributed by atoms with E-state index < -0.39 is 0 Å². The molecule has 7 nitrogen and oxygen atoms in total. The highest BCUT2D eigenvalue weighted by atomic mass is 32.2. The summed E-state index contributed by atoms with van der Waals surface area (Å²) in [6, 6.07) is 19.9. The van der Waals surface area contributed by atoms with Crippen molar-refractivity contribution in [2.75, 3.05) is 11.1 Å². The average Bonchev–Trinajstić information content (AvgIpc) is 3.53. The number of fused-ring (bicyclic) bond motifs is 1. The summed E-state index contributed by atoms with van der Waals surface area (Å²) in [6.07, 6.45) is 0.324.